The van der Waals surface area contributed by atoms with Crippen molar-refractivity contribution >= 4 is 49.7 Å². The molecule has 0 aliphatic carbocycles. The molecule has 6 nitrogen and oxygen atoms in total. The summed E-state index contributed by atoms with van der Waals surface area (Å²) in [7, 11) is 2.64. The summed E-state index contributed by atoms with van der Waals surface area (Å²) >= 11 is 0. The zero-order valence-electron chi connectivity index (χ0n) is 9.31. The fourth-order valence-corrected chi connectivity index (χ4v) is 0.192. The van der Waals surface area contributed by atoms with Gasteiger partial charge in [0.1, 0.15) is 0 Å². The Labute approximate surface area is 119 Å². The summed E-state index contributed by atoms with van der Waals surface area (Å²) in [5, 5.41) is 19.4. The summed E-state index contributed by atoms with van der Waals surface area (Å²) in [5.41, 5.74) is 0. The van der Waals surface area contributed by atoms with Crippen molar-refractivity contribution in [1.29, 1.82) is 0 Å². The van der Waals surface area contributed by atoms with Gasteiger partial charge in [0, 0.05) is 14.2 Å². The Balaban J connectivity index is -0.000000180. The zero-order chi connectivity index (χ0) is 11.7. The molecule has 0 rings (SSSR count). The van der Waals surface area contributed by atoms with E-state index in [0.717, 1.165) is 0 Å². The number of ether oxygens (including phenoxy) is 2. The second-order valence-electron chi connectivity index (χ2n) is 2.39. The molecule has 2 atom stereocenters. The second-order valence-corrected chi connectivity index (χ2v) is 2.39. The average Bonchev–Trinajstić information content (AvgIpc) is 2.15. The molecule has 0 aromatic rings. The maximum absolute atomic E-state index is 9.69. The predicted octanol–water partition coefficient (Wildman–Crippen LogP) is -2.84. The van der Waals surface area contributed by atoms with Crippen molar-refractivity contribution in [2.45, 2.75) is 26.1 Å². The van der Waals surface area contributed by atoms with E-state index >= 15 is 0 Å². The van der Waals surface area contributed by atoms with Crippen LogP contribution in [0.15, 0.2) is 0 Å². The summed E-state index contributed by atoms with van der Waals surface area (Å²) in [4.78, 5) is 19.4. The van der Waals surface area contributed by atoms with Crippen LogP contribution < -0.4 is 10.2 Å². The van der Waals surface area contributed by atoms with Crippen LogP contribution in [0.5, 0.6) is 0 Å². The fourth-order valence-electron chi connectivity index (χ4n) is 0.192. The summed E-state index contributed by atoms with van der Waals surface area (Å²) in [6, 6.07) is 0. The summed E-state index contributed by atoms with van der Waals surface area (Å²) in [6.45, 7) is 2.82. The second kappa shape index (κ2) is 12.2. The van der Waals surface area contributed by atoms with Gasteiger partial charge in [0.15, 0.2) is 0 Å². The van der Waals surface area contributed by atoms with E-state index < -0.39 is 24.1 Å². The molecule has 0 N–H and O–H groups in total. The van der Waals surface area contributed by atoms with Crippen molar-refractivity contribution < 1.29 is 29.3 Å². The van der Waals surface area contributed by atoms with Crippen LogP contribution in [-0.4, -0.2) is 76.1 Å². The largest absolute Gasteiger partial charge is 2.00 e. The minimum absolute atomic E-state index is 0. The van der Waals surface area contributed by atoms with Crippen molar-refractivity contribution in [2.24, 2.45) is 0 Å². The Morgan fingerprint density at radius 3 is 1.13 bits per heavy atom. The number of hydrogen-bond acceptors (Lipinski definition) is 6. The van der Waals surface area contributed by atoms with E-state index in [4.69, 9.17) is 0 Å². The fraction of sp³-hybridized carbons (Fsp3) is 0.750. The van der Waals surface area contributed by atoms with Crippen LogP contribution in [-0.2, 0) is 19.1 Å². The van der Waals surface area contributed by atoms with Gasteiger partial charge in [-0.2, -0.15) is 0 Å². The number of carboxylic acids is 2. The van der Waals surface area contributed by atoms with Gasteiger partial charge in [-0.05, 0) is 13.8 Å². The third-order valence-electron chi connectivity index (χ3n) is 1.37. The summed E-state index contributed by atoms with van der Waals surface area (Å²) in [6.07, 6.45) is -1.58. The first-order valence-electron chi connectivity index (χ1n) is 3.84. The molecule has 0 saturated heterocycles. The number of aliphatic carboxylic acids is 2. The van der Waals surface area contributed by atoms with Crippen molar-refractivity contribution in [2.75, 3.05) is 14.2 Å². The molecule has 84 valence electrons. The van der Waals surface area contributed by atoms with Crippen LogP contribution in [0.3, 0.4) is 0 Å². The van der Waals surface area contributed by atoms with E-state index in [1.54, 1.807) is 0 Å². The van der Waals surface area contributed by atoms with Crippen LogP contribution in [0.4, 0.5) is 0 Å². The Morgan fingerprint density at radius 1 is 0.933 bits per heavy atom. The first kappa shape index (κ1) is 20.5. The van der Waals surface area contributed by atoms with E-state index in [9.17, 15) is 19.8 Å². The molecule has 0 spiro atoms. The molecule has 7 heteroatoms. The van der Waals surface area contributed by atoms with Crippen molar-refractivity contribution in [3.63, 3.8) is 0 Å². The minimum atomic E-state index is -1.18. The molecule has 0 fully saturated rings. The van der Waals surface area contributed by atoms with Gasteiger partial charge in [-0.15, -0.1) is 0 Å². The molecule has 0 aromatic heterocycles. The summed E-state index contributed by atoms with van der Waals surface area (Å²) < 4.78 is 8.70. The van der Waals surface area contributed by atoms with Gasteiger partial charge < -0.3 is 29.3 Å². The Hall–Kier alpha value is 0.120. The van der Waals surface area contributed by atoms with Crippen molar-refractivity contribution in [3.8, 4) is 0 Å². The van der Waals surface area contributed by atoms with E-state index in [1.165, 1.54) is 28.1 Å². The van der Waals surface area contributed by atoms with E-state index in [0.29, 0.717) is 0 Å². The van der Waals surface area contributed by atoms with E-state index in [1.807, 2.05) is 0 Å². The molecule has 0 aliphatic rings. The number of carbonyl (C=O) groups is 2. The van der Waals surface area contributed by atoms with Crippen LogP contribution in [0.25, 0.3) is 0 Å². The molecule has 15 heavy (non-hydrogen) atoms. The standard InChI is InChI=1S/2C4H8O3.Ca/c2*1-3(7-2)4(5)6;/h2*3H,1-2H3,(H,5,6);/q;;+2/p-2/t2*3-;/m11./s1. The minimum Gasteiger partial charge on any atom is -0.547 e. The number of rotatable bonds is 4. The van der Waals surface area contributed by atoms with E-state index in [2.05, 4.69) is 9.47 Å². The molecular formula is C8H14CaO6. The third-order valence-corrected chi connectivity index (χ3v) is 1.37. The number of carboxylic acid groups (broad SMARTS) is 2. The molecule has 0 bridgehead atoms. The number of hydrogen-bond donors (Lipinski definition) is 0. The van der Waals surface area contributed by atoms with Crippen molar-refractivity contribution in [3.05, 3.63) is 0 Å². The number of carbonyl (C=O) groups excluding carboxylic acids is 2. The molecule has 0 amide bonds. The van der Waals surface area contributed by atoms with Crippen LogP contribution >= 0.6 is 0 Å². The van der Waals surface area contributed by atoms with Gasteiger partial charge in [0.25, 0.3) is 0 Å². The Kier molecular flexibility index (Phi) is 16.7. The molecular weight excluding hydrogens is 232 g/mol. The topological polar surface area (TPSA) is 98.7 Å². The number of methoxy groups -OCH3 is 2. The monoisotopic (exact) mass is 246 g/mol. The Morgan fingerprint density at radius 2 is 1.13 bits per heavy atom. The quantitative estimate of drug-likeness (QED) is 0.495. The van der Waals surface area contributed by atoms with Gasteiger partial charge in [-0.3, -0.25) is 0 Å². The maximum atomic E-state index is 9.69. The molecule has 0 unspecified atom stereocenters. The third kappa shape index (κ3) is 14.1. The first-order valence-corrected chi connectivity index (χ1v) is 3.84. The molecule has 0 radical (unpaired) electrons. The van der Waals surface area contributed by atoms with Crippen LogP contribution in [0, 0.1) is 0 Å². The smallest absolute Gasteiger partial charge is 0.547 e. The molecule has 0 aromatic carbocycles. The molecule has 0 aliphatic heterocycles. The van der Waals surface area contributed by atoms with Gasteiger partial charge in [-0.25, -0.2) is 0 Å². The van der Waals surface area contributed by atoms with Crippen molar-refractivity contribution in [1.82, 2.24) is 0 Å². The maximum Gasteiger partial charge on any atom is 2.00 e. The first-order chi connectivity index (χ1) is 6.36. The van der Waals surface area contributed by atoms with Gasteiger partial charge in [0.05, 0.1) is 24.1 Å². The van der Waals surface area contributed by atoms with Crippen LogP contribution in [0.2, 0.25) is 0 Å². The average molecular weight is 246 g/mol. The molecule has 0 heterocycles. The van der Waals surface area contributed by atoms with Gasteiger partial charge in [-0.1, -0.05) is 0 Å². The van der Waals surface area contributed by atoms with Gasteiger partial charge >= 0.3 is 37.7 Å². The predicted molar refractivity (Wildman–Crippen MR) is 48.7 cm³/mol. The normalized spacial score (nSPS) is 12.5. The van der Waals surface area contributed by atoms with Gasteiger partial charge in [0.2, 0.25) is 0 Å². The zero-order valence-corrected chi connectivity index (χ0v) is 11.5. The SMILES string of the molecule is CO[C@H](C)C(=O)[O-].CO[C@H](C)C(=O)[O-].[Ca+2]. The molecule has 0 saturated carbocycles. The van der Waals surface area contributed by atoms with E-state index in [-0.39, 0.29) is 37.7 Å². The Bertz CT molecular complexity index is 164. The summed E-state index contributed by atoms with van der Waals surface area (Å²) in [5.74, 6) is -2.36. The van der Waals surface area contributed by atoms with Crippen LogP contribution in [0.1, 0.15) is 13.8 Å².